The summed E-state index contributed by atoms with van der Waals surface area (Å²) in [6.07, 6.45) is -0.320. The number of benzene rings is 1. The van der Waals surface area contributed by atoms with E-state index in [1.807, 2.05) is 0 Å². The van der Waals surface area contributed by atoms with Gasteiger partial charge in [0.2, 0.25) is 0 Å². The Bertz CT molecular complexity index is 835. The van der Waals surface area contributed by atoms with Crippen molar-refractivity contribution in [2.75, 3.05) is 7.11 Å². The zero-order chi connectivity index (χ0) is 18.6. The molecule has 2 aromatic rings. The Morgan fingerprint density at radius 3 is 2.04 bits per heavy atom. The van der Waals surface area contributed by atoms with Gasteiger partial charge in [-0.05, 0) is 48.4 Å². The van der Waals surface area contributed by atoms with Crippen LogP contribution in [0.5, 0.6) is 5.75 Å². The van der Waals surface area contributed by atoms with E-state index in [1.165, 1.54) is 20.1 Å². The summed E-state index contributed by atoms with van der Waals surface area (Å²) in [6.45, 7) is 1.43. The molecule has 0 N–H and O–H groups in total. The summed E-state index contributed by atoms with van der Waals surface area (Å²) < 4.78 is 86.5. The van der Waals surface area contributed by atoms with E-state index in [-0.39, 0.29) is 16.5 Å². The van der Waals surface area contributed by atoms with E-state index >= 15 is 0 Å². The maximum atomic E-state index is 13.9. The van der Waals surface area contributed by atoms with Crippen molar-refractivity contribution in [3.8, 4) is 16.2 Å². The molecule has 0 radical (unpaired) electrons. The predicted molar refractivity (Wildman–Crippen MR) is 83.9 cm³/mol. The lowest BCUT2D eigenvalue weighted by Crippen LogP contribution is -2.48. The molecule has 1 aromatic carbocycles. The lowest BCUT2D eigenvalue weighted by molar-refractivity contribution is -0.257. The van der Waals surface area contributed by atoms with Gasteiger partial charge < -0.3 is 4.74 Å². The van der Waals surface area contributed by atoms with Gasteiger partial charge in [-0.25, -0.2) is 0 Å². The smallest absolute Gasteiger partial charge is 0.380 e. The van der Waals surface area contributed by atoms with Crippen LogP contribution in [-0.4, -0.2) is 24.9 Å². The minimum absolute atomic E-state index is 0.255. The minimum Gasteiger partial charge on any atom is -0.497 e. The number of hydrogen-bond donors (Lipinski definition) is 0. The Labute approximate surface area is 143 Å². The van der Waals surface area contributed by atoms with Crippen molar-refractivity contribution in [3.63, 3.8) is 0 Å². The van der Waals surface area contributed by atoms with Crippen LogP contribution in [0.2, 0.25) is 0 Å². The van der Waals surface area contributed by atoms with Gasteiger partial charge >= 0.3 is 17.8 Å². The van der Waals surface area contributed by atoms with Crippen molar-refractivity contribution in [2.24, 2.45) is 0 Å². The highest BCUT2D eigenvalue weighted by Crippen LogP contribution is 2.59. The largest absolute Gasteiger partial charge is 0.497 e. The quantitative estimate of drug-likeness (QED) is 0.592. The standard InChI is InChI=1S/C17H12F6OS/c1-9-12(13-8-15(18,19)17(22,23)16(13,20)21)7-14(25-9)10-3-5-11(24-2)6-4-10/h3-8H,1-2H3. The molecule has 3 rings (SSSR count). The molecule has 0 unspecified atom stereocenters. The highest BCUT2D eigenvalue weighted by atomic mass is 32.1. The maximum Gasteiger partial charge on any atom is 0.380 e. The number of ether oxygens (including phenoxy) is 1. The lowest BCUT2D eigenvalue weighted by Gasteiger charge is -2.25. The predicted octanol–water partition coefficient (Wildman–Crippen LogP) is 6.04. The third-order valence-corrected chi connectivity index (χ3v) is 5.16. The van der Waals surface area contributed by atoms with Crippen LogP contribution in [0.1, 0.15) is 10.4 Å². The topological polar surface area (TPSA) is 9.23 Å². The molecule has 1 nitrogen and oxygen atoms in total. The first-order valence-corrected chi connectivity index (χ1v) is 7.95. The van der Waals surface area contributed by atoms with Gasteiger partial charge in [0.25, 0.3) is 0 Å². The molecule has 8 heteroatoms. The summed E-state index contributed by atoms with van der Waals surface area (Å²) in [5.74, 6) is -14.7. The maximum absolute atomic E-state index is 13.9. The van der Waals surface area contributed by atoms with Gasteiger partial charge in [-0.15, -0.1) is 11.3 Å². The molecule has 134 valence electrons. The van der Waals surface area contributed by atoms with E-state index in [9.17, 15) is 26.3 Å². The number of aryl methyl sites for hydroxylation is 1. The van der Waals surface area contributed by atoms with Gasteiger partial charge in [0.15, 0.2) is 0 Å². The summed E-state index contributed by atoms with van der Waals surface area (Å²) in [5, 5.41) is 0. The Morgan fingerprint density at radius 2 is 1.56 bits per heavy atom. The molecule has 0 saturated heterocycles. The minimum atomic E-state index is -5.45. The fourth-order valence-corrected chi connectivity index (χ4v) is 3.67. The van der Waals surface area contributed by atoms with Gasteiger partial charge in [-0.2, -0.15) is 26.3 Å². The fraction of sp³-hybridized carbons (Fsp3) is 0.294. The molecule has 1 aromatic heterocycles. The van der Waals surface area contributed by atoms with E-state index < -0.39 is 23.3 Å². The van der Waals surface area contributed by atoms with Crippen LogP contribution < -0.4 is 4.74 Å². The van der Waals surface area contributed by atoms with Crippen LogP contribution in [0.25, 0.3) is 16.0 Å². The van der Waals surface area contributed by atoms with Crippen molar-refractivity contribution in [1.29, 1.82) is 0 Å². The van der Waals surface area contributed by atoms with Crippen LogP contribution in [0, 0.1) is 6.92 Å². The Balaban J connectivity index is 2.06. The molecular weight excluding hydrogens is 366 g/mol. The Kier molecular flexibility index (Phi) is 3.94. The SMILES string of the molecule is COc1ccc(-c2cc(C3=CC(F)(F)C(F)(F)C3(F)F)c(C)s2)cc1. The van der Waals surface area contributed by atoms with Gasteiger partial charge in [0.05, 0.1) is 7.11 Å². The van der Waals surface area contributed by atoms with Crippen LogP contribution in [0.15, 0.2) is 36.4 Å². The van der Waals surface area contributed by atoms with E-state index in [0.717, 1.165) is 11.3 Å². The average Bonchev–Trinajstić information content (AvgIpc) is 2.98. The third kappa shape index (κ3) is 2.54. The van der Waals surface area contributed by atoms with Gasteiger partial charge in [-0.1, -0.05) is 0 Å². The summed E-state index contributed by atoms with van der Waals surface area (Å²) in [5.41, 5.74) is -0.991. The number of rotatable bonds is 3. The first kappa shape index (κ1) is 17.8. The molecule has 0 aliphatic heterocycles. The third-order valence-electron chi connectivity index (χ3n) is 4.06. The summed E-state index contributed by atoms with van der Waals surface area (Å²) in [6, 6.07) is 7.86. The second kappa shape index (κ2) is 5.52. The Hall–Kier alpha value is -1.96. The molecule has 0 atom stereocenters. The molecule has 0 spiro atoms. The van der Waals surface area contributed by atoms with Crippen LogP contribution >= 0.6 is 11.3 Å². The van der Waals surface area contributed by atoms with Crippen molar-refractivity contribution in [3.05, 3.63) is 46.8 Å². The van der Waals surface area contributed by atoms with Gasteiger partial charge in [-0.3, -0.25) is 0 Å². The van der Waals surface area contributed by atoms with E-state index in [4.69, 9.17) is 4.74 Å². The summed E-state index contributed by atoms with van der Waals surface area (Å²) in [4.78, 5) is 0.760. The highest BCUT2D eigenvalue weighted by Gasteiger charge is 2.76. The van der Waals surface area contributed by atoms with E-state index in [0.29, 0.717) is 16.2 Å². The normalized spacial score (nSPS) is 20.4. The second-order valence-corrected chi connectivity index (χ2v) is 6.90. The molecule has 0 amide bonds. The van der Waals surface area contributed by atoms with Crippen LogP contribution in [0.4, 0.5) is 26.3 Å². The first-order valence-electron chi connectivity index (χ1n) is 7.13. The monoisotopic (exact) mass is 378 g/mol. The number of methoxy groups -OCH3 is 1. The molecular formula is C17H12F6OS. The number of halogens is 6. The molecule has 0 bridgehead atoms. The van der Waals surface area contributed by atoms with Gasteiger partial charge in [0.1, 0.15) is 5.75 Å². The number of thiophene rings is 1. The van der Waals surface area contributed by atoms with Crippen molar-refractivity contribution in [2.45, 2.75) is 24.7 Å². The van der Waals surface area contributed by atoms with E-state index in [2.05, 4.69) is 0 Å². The second-order valence-electron chi connectivity index (χ2n) is 5.64. The van der Waals surface area contributed by atoms with E-state index in [1.54, 1.807) is 24.3 Å². The first-order chi connectivity index (χ1) is 11.5. The Morgan fingerprint density at radius 1 is 0.960 bits per heavy atom. The number of hydrogen-bond acceptors (Lipinski definition) is 2. The lowest BCUT2D eigenvalue weighted by atomic mass is 10.0. The molecule has 0 fully saturated rings. The molecule has 0 saturated carbocycles. The van der Waals surface area contributed by atoms with Gasteiger partial charge in [0, 0.05) is 21.4 Å². The number of alkyl halides is 6. The molecule has 1 aliphatic carbocycles. The van der Waals surface area contributed by atoms with Crippen molar-refractivity contribution < 1.29 is 31.1 Å². The van der Waals surface area contributed by atoms with Crippen LogP contribution in [0.3, 0.4) is 0 Å². The fourth-order valence-electron chi connectivity index (χ4n) is 2.63. The summed E-state index contributed by atoms with van der Waals surface area (Å²) in [7, 11) is 1.48. The zero-order valence-corrected chi connectivity index (χ0v) is 13.9. The molecule has 1 heterocycles. The average molecular weight is 378 g/mol. The molecule has 1 aliphatic rings. The van der Waals surface area contributed by atoms with Crippen LogP contribution in [-0.2, 0) is 0 Å². The van der Waals surface area contributed by atoms with Crippen molar-refractivity contribution >= 4 is 16.9 Å². The number of allylic oxidation sites excluding steroid dienone is 2. The van der Waals surface area contributed by atoms with Crippen molar-refractivity contribution in [1.82, 2.24) is 0 Å². The molecule has 25 heavy (non-hydrogen) atoms. The zero-order valence-electron chi connectivity index (χ0n) is 13.0. The summed E-state index contributed by atoms with van der Waals surface area (Å²) >= 11 is 1.06. The highest BCUT2D eigenvalue weighted by molar-refractivity contribution is 7.15.